The highest BCUT2D eigenvalue weighted by molar-refractivity contribution is 5.32. The Bertz CT molecular complexity index is 325. The van der Waals surface area contributed by atoms with Crippen molar-refractivity contribution in [2.75, 3.05) is 6.54 Å². The van der Waals surface area contributed by atoms with Gasteiger partial charge in [-0.2, -0.15) is 5.26 Å². The average Bonchev–Trinajstić information content (AvgIpc) is 2.21. The fraction of sp³-hybridized carbons (Fsp3) is 0.417. The van der Waals surface area contributed by atoms with Gasteiger partial charge in [-0.15, -0.1) is 0 Å². The fourth-order valence-electron chi connectivity index (χ4n) is 1.42. The molecule has 1 rings (SSSR count). The molecule has 14 heavy (non-hydrogen) atoms. The average molecular weight is 188 g/mol. The van der Waals surface area contributed by atoms with Gasteiger partial charge in [-0.25, -0.2) is 0 Å². The largest absolute Gasteiger partial charge is 0.298 e. The molecule has 0 aliphatic rings. The van der Waals surface area contributed by atoms with Gasteiger partial charge in [-0.3, -0.25) is 5.32 Å². The lowest BCUT2D eigenvalue weighted by molar-refractivity contribution is 0.619. The molecule has 0 radical (unpaired) electrons. The second-order valence-electron chi connectivity index (χ2n) is 3.37. The van der Waals surface area contributed by atoms with Gasteiger partial charge in [0.2, 0.25) is 0 Å². The monoisotopic (exact) mass is 188 g/mol. The lowest BCUT2D eigenvalue weighted by atomic mass is 10.0. The van der Waals surface area contributed by atoms with Crippen molar-refractivity contribution in [2.24, 2.45) is 0 Å². The van der Waals surface area contributed by atoms with E-state index in [9.17, 15) is 0 Å². The summed E-state index contributed by atoms with van der Waals surface area (Å²) >= 11 is 0. The maximum atomic E-state index is 9.02. The van der Waals surface area contributed by atoms with Crippen LogP contribution in [0.3, 0.4) is 0 Å². The highest BCUT2D eigenvalue weighted by Gasteiger charge is 2.10. The normalized spacial score (nSPS) is 12.1. The zero-order chi connectivity index (χ0) is 10.4. The topological polar surface area (TPSA) is 35.8 Å². The van der Waals surface area contributed by atoms with E-state index >= 15 is 0 Å². The summed E-state index contributed by atoms with van der Waals surface area (Å²) in [5.74, 6) is 0. The Morgan fingerprint density at radius 2 is 2.14 bits per heavy atom. The third-order valence-electron chi connectivity index (χ3n) is 2.23. The van der Waals surface area contributed by atoms with E-state index < -0.39 is 0 Å². The van der Waals surface area contributed by atoms with Gasteiger partial charge in [0.1, 0.15) is 6.04 Å². The zero-order valence-electron chi connectivity index (χ0n) is 8.75. The van der Waals surface area contributed by atoms with Crippen molar-refractivity contribution in [3.63, 3.8) is 0 Å². The summed E-state index contributed by atoms with van der Waals surface area (Å²) in [5.41, 5.74) is 2.26. The summed E-state index contributed by atoms with van der Waals surface area (Å²) in [5, 5.41) is 12.2. The maximum absolute atomic E-state index is 9.02. The molecule has 1 N–H and O–H groups in total. The SMILES string of the molecule is CCCNC(C#N)c1ccccc1C. The number of nitrogens with one attached hydrogen (secondary N) is 1. The van der Waals surface area contributed by atoms with E-state index in [1.54, 1.807) is 0 Å². The molecule has 0 bridgehead atoms. The Hall–Kier alpha value is -1.33. The van der Waals surface area contributed by atoms with Crippen LogP contribution in [-0.2, 0) is 0 Å². The molecule has 0 fully saturated rings. The first-order valence-corrected chi connectivity index (χ1v) is 4.98. The van der Waals surface area contributed by atoms with Crippen LogP contribution in [0.5, 0.6) is 0 Å². The Morgan fingerprint density at radius 1 is 1.43 bits per heavy atom. The first-order chi connectivity index (χ1) is 6.79. The van der Waals surface area contributed by atoms with Crippen molar-refractivity contribution < 1.29 is 0 Å². The smallest absolute Gasteiger partial charge is 0.121 e. The van der Waals surface area contributed by atoms with Crippen LogP contribution in [0.2, 0.25) is 0 Å². The van der Waals surface area contributed by atoms with Crippen LogP contribution in [0.4, 0.5) is 0 Å². The van der Waals surface area contributed by atoms with Crippen molar-refractivity contribution in [2.45, 2.75) is 26.3 Å². The molecular formula is C12H16N2. The molecule has 0 aliphatic carbocycles. The summed E-state index contributed by atoms with van der Waals surface area (Å²) in [4.78, 5) is 0. The summed E-state index contributed by atoms with van der Waals surface area (Å²) in [7, 11) is 0. The van der Waals surface area contributed by atoms with Crippen molar-refractivity contribution in [1.82, 2.24) is 5.32 Å². The van der Waals surface area contributed by atoms with E-state index in [4.69, 9.17) is 5.26 Å². The summed E-state index contributed by atoms with van der Waals surface area (Å²) in [6, 6.07) is 10.1. The molecule has 0 amide bonds. The van der Waals surface area contributed by atoms with Crippen LogP contribution in [0.1, 0.15) is 30.5 Å². The molecule has 0 heterocycles. The van der Waals surface area contributed by atoms with E-state index in [1.165, 1.54) is 5.56 Å². The molecule has 0 saturated carbocycles. The lowest BCUT2D eigenvalue weighted by Gasteiger charge is -2.13. The van der Waals surface area contributed by atoms with E-state index in [2.05, 4.69) is 18.3 Å². The quantitative estimate of drug-likeness (QED) is 0.788. The van der Waals surface area contributed by atoms with Gasteiger partial charge in [-0.1, -0.05) is 31.2 Å². The number of nitriles is 1. The molecule has 2 nitrogen and oxygen atoms in total. The van der Waals surface area contributed by atoms with Crippen LogP contribution in [-0.4, -0.2) is 6.54 Å². The Balaban J connectivity index is 2.80. The minimum absolute atomic E-state index is 0.170. The third-order valence-corrected chi connectivity index (χ3v) is 2.23. The molecule has 1 aromatic rings. The van der Waals surface area contributed by atoms with E-state index in [1.807, 2.05) is 31.2 Å². The molecule has 1 atom stereocenters. The summed E-state index contributed by atoms with van der Waals surface area (Å²) in [6.07, 6.45) is 1.05. The standard InChI is InChI=1S/C12H16N2/c1-3-8-14-12(9-13)11-7-5-4-6-10(11)2/h4-7,12,14H,3,8H2,1-2H3. The van der Waals surface area contributed by atoms with Gasteiger partial charge < -0.3 is 0 Å². The van der Waals surface area contributed by atoms with Gasteiger partial charge in [0.15, 0.2) is 0 Å². The minimum Gasteiger partial charge on any atom is -0.298 e. The maximum Gasteiger partial charge on any atom is 0.121 e. The van der Waals surface area contributed by atoms with Gasteiger partial charge in [0.25, 0.3) is 0 Å². The molecule has 0 aliphatic heterocycles. The first kappa shape index (κ1) is 10.7. The molecule has 2 heteroatoms. The van der Waals surface area contributed by atoms with Crippen molar-refractivity contribution in [3.8, 4) is 6.07 Å². The van der Waals surface area contributed by atoms with Crippen molar-refractivity contribution >= 4 is 0 Å². The molecular weight excluding hydrogens is 172 g/mol. The molecule has 0 saturated heterocycles. The second kappa shape index (κ2) is 5.41. The Labute approximate surface area is 85.6 Å². The number of nitrogens with zero attached hydrogens (tertiary/aromatic N) is 1. The predicted octanol–water partition coefficient (Wildman–Crippen LogP) is 2.56. The number of hydrogen-bond acceptors (Lipinski definition) is 2. The van der Waals surface area contributed by atoms with Crippen LogP contribution in [0.15, 0.2) is 24.3 Å². The molecule has 1 aromatic carbocycles. The predicted molar refractivity (Wildman–Crippen MR) is 57.8 cm³/mol. The van der Waals surface area contributed by atoms with Crippen LogP contribution >= 0.6 is 0 Å². The summed E-state index contributed by atoms with van der Waals surface area (Å²) < 4.78 is 0. The minimum atomic E-state index is -0.170. The highest BCUT2D eigenvalue weighted by atomic mass is 14.9. The molecule has 0 aromatic heterocycles. The third kappa shape index (κ3) is 2.58. The van der Waals surface area contributed by atoms with Crippen molar-refractivity contribution in [1.29, 1.82) is 5.26 Å². The number of rotatable bonds is 4. The van der Waals surface area contributed by atoms with Gasteiger partial charge >= 0.3 is 0 Å². The van der Waals surface area contributed by atoms with Gasteiger partial charge in [0, 0.05) is 0 Å². The molecule has 0 spiro atoms. The van der Waals surface area contributed by atoms with E-state index in [0.29, 0.717) is 0 Å². The van der Waals surface area contributed by atoms with Gasteiger partial charge in [-0.05, 0) is 31.0 Å². The fourth-order valence-corrected chi connectivity index (χ4v) is 1.42. The molecule has 74 valence electrons. The number of hydrogen-bond donors (Lipinski definition) is 1. The first-order valence-electron chi connectivity index (χ1n) is 4.98. The van der Waals surface area contributed by atoms with Crippen molar-refractivity contribution in [3.05, 3.63) is 35.4 Å². The zero-order valence-corrected chi connectivity index (χ0v) is 8.75. The molecule has 1 unspecified atom stereocenters. The Morgan fingerprint density at radius 3 is 2.71 bits per heavy atom. The lowest BCUT2D eigenvalue weighted by Crippen LogP contribution is -2.21. The van der Waals surface area contributed by atoms with Gasteiger partial charge in [0.05, 0.1) is 6.07 Å². The summed E-state index contributed by atoms with van der Waals surface area (Å²) in [6.45, 7) is 5.01. The van der Waals surface area contributed by atoms with Crippen LogP contribution in [0.25, 0.3) is 0 Å². The van der Waals surface area contributed by atoms with Crippen LogP contribution < -0.4 is 5.32 Å². The number of aryl methyl sites for hydroxylation is 1. The van der Waals surface area contributed by atoms with E-state index in [-0.39, 0.29) is 6.04 Å². The number of benzene rings is 1. The second-order valence-corrected chi connectivity index (χ2v) is 3.37. The van der Waals surface area contributed by atoms with E-state index in [0.717, 1.165) is 18.5 Å². The van der Waals surface area contributed by atoms with Crippen LogP contribution in [0, 0.1) is 18.3 Å². The highest BCUT2D eigenvalue weighted by Crippen LogP contribution is 2.16. The Kier molecular flexibility index (Phi) is 4.15.